The molecule has 5 rings (SSSR count). The molecule has 1 saturated heterocycles. The van der Waals surface area contributed by atoms with Crippen LogP contribution in [-0.2, 0) is 40.3 Å². The molecule has 1 fully saturated rings. The summed E-state index contributed by atoms with van der Waals surface area (Å²) in [5.41, 5.74) is 3.67. The Kier molecular flexibility index (Phi) is 11.9. The van der Waals surface area contributed by atoms with E-state index in [2.05, 4.69) is 29.4 Å². The highest BCUT2D eigenvalue weighted by molar-refractivity contribution is 5.94. The van der Waals surface area contributed by atoms with Gasteiger partial charge in [-0.05, 0) is 68.7 Å². The van der Waals surface area contributed by atoms with Gasteiger partial charge in [-0.25, -0.2) is 0 Å². The Morgan fingerprint density at radius 1 is 1.09 bits per heavy atom. The molecule has 3 amide bonds. The lowest BCUT2D eigenvalue weighted by atomic mass is 9.91. The summed E-state index contributed by atoms with van der Waals surface area (Å²) < 4.78 is 18.8. The van der Waals surface area contributed by atoms with Gasteiger partial charge in [0.25, 0.3) is 11.8 Å². The maximum atomic E-state index is 13.4. The van der Waals surface area contributed by atoms with Gasteiger partial charge in [-0.15, -0.1) is 0 Å². The predicted octanol–water partition coefficient (Wildman–Crippen LogP) is 2.56. The lowest BCUT2D eigenvalue weighted by molar-refractivity contribution is -0.137. The Morgan fingerprint density at radius 2 is 1.89 bits per heavy atom. The molecule has 0 radical (unpaired) electrons. The Bertz CT molecular complexity index is 1350. The van der Waals surface area contributed by atoms with Crippen molar-refractivity contribution >= 4 is 17.7 Å². The van der Waals surface area contributed by atoms with Crippen molar-refractivity contribution in [3.05, 3.63) is 40.7 Å². The molecular weight excluding hydrogens is 588 g/mol. The summed E-state index contributed by atoms with van der Waals surface area (Å²) in [7, 11) is 1.59. The second kappa shape index (κ2) is 16.3. The Balaban J connectivity index is 1.22. The van der Waals surface area contributed by atoms with Crippen molar-refractivity contribution in [2.24, 2.45) is 5.92 Å². The van der Waals surface area contributed by atoms with E-state index in [4.69, 9.17) is 19.3 Å². The fourth-order valence-electron chi connectivity index (χ4n) is 6.41. The zero-order chi connectivity index (χ0) is 32.5. The van der Waals surface area contributed by atoms with E-state index in [9.17, 15) is 14.4 Å². The molecule has 12 nitrogen and oxygen atoms in total. The highest BCUT2D eigenvalue weighted by atomic mass is 16.5. The van der Waals surface area contributed by atoms with Crippen LogP contribution in [0.1, 0.15) is 73.3 Å². The highest BCUT2D eigenvalue weighted by Crippen LogP contribution is 2.29. The molecule has 1 unspecified atom stereocenters. The zero-order valence-electron chi connectivity index (χ0n) is 27.6. The van der Waals surface area contributed by atoms with Crippen molar-refractivity contribution in [3.63, 3.8) is 0 Å². The molecule has 252 valence electrons. The van der Waals surface area contributed by atoms with Crippen LogP contribution in [0, 0.1) is 5.92 Å². The fourth-order valence-corrected chi connectivity index (χ4v) is 6.41. The van der Waals surface area contributed by atoms with E-state index in [1.54, 1.807) is 12.0 Å². The van der Waals surface area contributed by atoms with E-state index in [-0.39, 0.29) is 30.4 Å². The second-order valence-corrected chi connectivity index (χ2v) is 12.9. The molecule has 1 aromatic heterocycles. The van der Waals surface area contributed by atoms with Crippen LogP contribution in [-0.4, -0.2) is 103 Å². The number of morpholine rings is 1. The number of carbonyl (C=O) groups excluding carboxylic acids is 3. The van der Waals surface area contributed by atoms with Crippen molar-refractivity contribution in [1.29, 1.82) is 0 Å². The molecule has 2 N–H and O–H groups in total. The van der Waals surface area contributed by atoms with Crippen LogP contribution in [0.4, 0.5) is 0 Å². The van der Waals surface area contributed by atoms with Gasteiger partial charge in [0.2, 0.25) is 5.91 Å². The fraction of sp³-hybridized carbons (Fsp3) is 0.647. The SMILES string of the molecule is COc1cc(CN2CCCNC(=O)c3nn(CCC(C)C)c4c3CC(CC4)NC(=O)CCC2)ccc1OCC(=O)N1CCOCC1. The van der Waals surface area contributed by atoms with E-state index in [1.807, 2.05) is 22.9 Å². The van der Waals surface area contributed by atoms with Crippen molar-refractivity contribution in [3.8, 4) is 11.5 Å². The number of nitrogens with zero attached hydrogens (tertiary/aromatic N) is 4. The summed E-state index contributed by atoms with van der Waals surface area (Å²) in [4.78, 5) is 42.9. The topological polar surface area (TPSA) is 127 Å². The molecule has 0 saturated carbocycles. The van der Waals surface area contributed by atoms with Gasteiger partial charge in [-0.2, -0.15) is 5.10 Å². The van der Waals surface area contributed by atoms with Crippen LogP contribution in [0.15, 0.2) is 18.2 Å². The third kappa shape index (κ3) is 9.00. The molecule has 1 aliphatic carbocycles. The van der Waals surface area contributed by atoms with Crippen LogP contribution in [0.5, 0.6) is 11.5 Å². The minimum Gasteiger partial charge on any atom is -0.493 e. The molecule has 2 aliphatic heterocycles. The third-order valence-electron chi connectivity index (χ3n) is 9.01. The zero-order valence-corrected chi connectivity index (χ0v) is 27.6. The van der Waals surface area contributed by atoms with Gasteiger partial charge in [-0.3, -0.25) is 24.0 Å². The number of nitrogens with one attached hydrogen (secondary N) is 2. The lowest BCUT2D eigenvalue weighted by Crippen LogP contribution is -2.43. The lowest BCUT2D eigenvalue weighted by Gasteiger charge is -2.27. The van der Waals surface area contributed by atoms with Gasteiger partial charge in [-0.1, -0.05) is 19.9 Å². The summed E-state index contributed by atoms with van der Waals surface area (Å²) in [5.74, 6) is 1.47. The van der Waals surface area contributed by atoms with Gasteiger partial charge < -0.3 is 29.7 Å². The highest BCUT2D eigenvalue weighted by Gasteiger charge is 2.30. The summed E-state index contributed by atoms with van der Waals surface area (Å²) in [6.07, 6.45) is 5.24. The van der Waals surface area contributed by atoms with Crippen LogP contribution < -0.4 is 20.1 Å². The van der Waals surface area contributed by atoms with Crippen LogP contribution in [0.25, 0.3) is 0 Å². The first-order valence-corrected chi connectivity index (χ1v) is 16.8. The Hall–Kier alpha value is -3.64. The normalized spacial score (nSPS) is 20.0. The summed E-state index contributed by atoms with van der Waals surface area (Å²) in [5, 5.41) is 11.1. The summed E-state index contributed by atoms with van der Waals surface area (Å²) in [6.45, 7) is 10.0. The van der Waals surface area contributed by atoms with Crippen LogP contribution in [0.3, 0.4) is 0 Å². The van der Waals surface area contributed by atoms with Gasteiger partial charge >= 0.3 is 0 Å². The van der Waals surface area contributed by atoms with E-state index >= 15 is 0 Å². The van der Waals surface area contributed by atoms with Crippen molar-refractivity contribution in [2.75, 3.05) is 59.7 Å². The summed E-state index contributed by atoms with van der Waals surface area (Å²) in [6, 6.07) is 5.77. The van der Waals surface area contributed by atoms with Gasteiger partial charge in [0, 0.05) is 63.0 Å². The van der Waals surface area contributed by atoms with Gasteiger partial charge in [0.05, 0.1) is 20.3 Å². The van der Waals surface area contributed by atoms with E-state index < -0.39 is 0 Å². The number of benzene rings is 1. The number of aromatic nitrogens is 2. The largest absolute Gasteiger partial charge is 0.493 e. The molecule has 2 aromatic rings. The van der Waals surface area contributed by atoms with Crippen molar-refractivity contribution in [1.82, 2.24) is 30.2 Å². The Labute approximate surface area is 272 Å². The van der Waals surface area contributed by atoms with Gasteiger partial charge in [0.1, 0.15) is 0 Å². The quantitative estimate of drug-likeness (QED) is 0.429. The number of fused-ring (bicyclic) bond motifs is 1. The van der Waals surface area contributed by atoms with E-state index in [0.29, 0.717) is 75.3 Å². The maximum Gasteiger partial charge on any atom is 0.272 e. The number of hydrogen-bond acceptors (Lipinski definition) is 8. The number of carbonyl (C=O) groups is 3. The smallest absolute Gasteiger partial charge is 0.272 e. The molecule has 3 aliphatic rings. The molecule has 1 aromatic carbocycles. The minimum atomic E-state index is -0.139. The third-order valence-corrected chi connectivity index (χ3v) is 9.01. The average Bonchev–Trinajstić information content (AvgIpc) is 3.42. The number of aryl methyl sites for hydroxylation is 1. The first-order chi connectivity index (χ1) is 22.3. The number of methoxy groups -OCH3 is 1. The van der Waals surface area contributed by atoms with E-state index in [0.717, 1.165) is 68.6 Å². The molecule has 1 atom stereocenters. The monoisotopic (exact) mass is 638 g/mol. The van der Waals surface area contributed by atoms with Crippen LogP contribution >= 0.6 is 0 Å². The molecular formula is C34H50N6O6. The summed E-state index contributed by atoms with van der Waals surface area (Å²) >= 11 is 0. The first-order valence-electron chi connectivity index (χ1n) is 16.8. The van der Waals surface area contributed by atoms with Crippen LogP contribution in [0.2, 0.25) is 0 Å². The maximum absolute atomic E-state index is 13.4. The Morgan fingerprint density at radius 3 is 2.67 bits per heavy atom. The standard InChI is InChI=1S/C34H50N6O6/c1-24(2)11-15-40-28-9-8-26-21-27(28)33(37-40)34(43)35-12-5-14-38(13-4-6-31(41)36-26)22-25-7-10-29(30(20-25)44-3)46-23-32(42)39-16-18-45-19-17-39/h7,10,20,24,26H,4-6,8-9,11-19,21-23H2,1-3H3,(H,35,43)(H,36,41). The minimum absolute atomic E-state index is 0.00731. The molecule has 46 heavy (non-hydrogen) atoms. The molecule has 2 bridgehead atoms. The molecule has 0 spiro atoms. The number of ether oxygens (including phenoxy) is 3. The van der Waals surface area contributed by atoms with Gasteiger partial charge in [0.15, 0.2) is 23.8 Å². The number of amides is 3. The number of hydrogen-bond donors (Lipinski definition) is 2. The van der Waals surface area contributed by atoms with E-state index in [1.165, 1.54) is 0 Å². The second-order valence-electron chi connectivity index (χ2n) is 12.9. The molecule has 12 heteroatoms. The average molecular weight is 639 g/mol. The number of rotatable bonds is 9. The van der Waals surface area contributed by atoms with Crippen molar-refractivity contribution in [2.45, 2.75) is 77.9 Å². The van der Waals surface area contributed by atoms with Crippen molar-refractivity contribution < 1.29 is 28.6 Å². The first kappa shape index (κ1) is 33.7. The predicted molar refractivity (Wildman–Crippen MR) is 173 cm³/mol. The molecule has 3 heterocycles.